The van der Waals surface area contributed by atoms with Crippen LogP contribution in [0.5, 0.6) is 0 Å². The predicted octanol–water partition coefficient (Wildman–Crippen LogP) is 0.749. The number of halogens is 1. The molecule has 1 atom stereocenters. The van der Waals surface area contributed by atoms with Gasteiger partial charge in [-0.05, 0) is 20.8 Å². The molecule has 1 amide bonds. The van der Waals surface area contributed by atoms with Crippen LogP contribution in [-0.4, -0.2) is 27.3 Å². The van der Waals surface area contributed by atoms with Crippen LogP contribution in [0.2, 0.25) is 0 Å². The first-order valence-electron chi connectivity index (χ1n) is 3.48. The molecule has 0 aliphatic carbocycles. The average Bonchev–Trinajstić information content (AvgIpc) is 1.85. The van der Waals surface area contributed by atoms with Gasteiger partial charge in [-0.2, -0.15) is 0 Å². The van der Waals surface area contributed by atoms with Crippen LogP contribution >= 0.6 is 15.9 Å². The fourth-order valence-electron chi connectivity index (χ4n) is 0.430. The molecule has 0 unspecified atom stereocenters. The fourth-order valence-corrected chi connectivity index (χ4v) is 0.544. The van der Waals surface area contributed by atoms with Gasteiger partial charge in [0.1, 0.15) is 6.04 Å². The molecule has 0 rings (SSSR count). The van der Waals surface area contributed by atoms with E-state index in [9.17, 15) is 9.59 Å². The van der Waals surface area contributed by atoms with Crippen molar-refractivity contribution < 1.29 is 14.7 Å². The summed E-state index contributed by atoms with van der Waals surface area (Å²) in [5, 5.41) is 10.8. The lowest BCUT2D eigenvalue weighted by Crippen LogP contribution is -2.45. The molecule has 70 valence electrons. The van der Waals surface area contributed by atoms with Crippen molar-refractivity contribution >= 4 is 27.8 Å². The van der Waals surface area contributed by atoms with E-state index >= 15 is 0 Å². The Bertz CT molecular complexity index is 197. The predicted molar refractivity (Wildman–Crippen MR) is 48.2 cm³/mol. The van der Waals surface area contributed by atoms with Crippen LogP contribution in [0.25, 0.3) is 0 Å². The third-order valence-electron chi connectivity index (χ3n) is 1.26. The van der Waals surface area contributed by atoms with E-state index in [1.807, 2.05) is 0 Å². The van der Waals surface area contributed by atoms with Gasteiger partial charge in [0.2, 0.25) is 5.91 Å². The molecule has 0 aliphatic rings. The number of hydrogen-bond donors (Lipinski definition) is 2. The minimum Gasteiger partial charge on any atom is -0.480 e. The number of carbonyl (C=O) groups excluding carboxylic acids is 1. The fraction of sp³-hybridized carbons (Fsp3) is 0.714. The maximum Gasteiger partial charge on any atom is 0.325 e. The highest BCUT2D eigenvalue weighted by atomic mass is 79.9. The second kappa shape index (κ2) is 3.89. The summed E-state index contributed by atoms with van der Waals surface area (Å²) in [4.78, 5) is 21.5. The summed E-state index contributed by atoms with van der Waals surface area (Å²) >= 11 is 3.12. The van der Waals surface area contributed by atoms with Crippen molar-refractivity contribution in [2.45, 2.75) is 31.1 Å². The lowest BCUT2D eigenvalue weighted by atomic mass is 10.2. The quantitative estimate of drug-likeness (QED) is 0.713. The molecule has 12 heavy (non-hydrogen) atoms. The van der Waals surface area contributed by atoms with Crippen LogP contribution in [0.1, 0.15) is 20.8 Å². The van der Waals surface area contributed by atoms with Gasteiger partial charge in [0.15, 0.2) is 0 Å². The highest BCUT2D eigenvalue weighted by Gasteiger charge is 2.26. The van der Waals surface area contributed by atoms with Crippen LogP contribution in [0, 0.1) is 0 Å². The zero-order valence-electron chi connectivity index (χ0n) is 7.22. The number of amides is 1. The van der Waals surface area contributed by atoms with Gasteiger partial charge in [0.25, 0.3) is 0 Å². The first kappa shape index (κ1) is 11.4. The molecule has 0 aliphatic heterocycles. The first-order valence-corrected chi connectivity index (χ1v) is 4.27. The van der Waals surface area contributed by atoms with Crippen molar-refractivity contribution in [1.29, 1.82) is 0 Å². The number of aliphatic carboxylic acids is 1. The first-order chi connectivity index (χ1) is 5.25. The molecule has 0 radical (unpaired) electrons. The standard InChI is InChI=1S/C7H12BrNO3/c1-4(5(10)11)9-6(12)7(2,3)8/h4H,1-3H3,(H,9,12)(H,10,11)/t4-/m1/s1. The summed E-state index contributed by atoms with van der Waals surface area (Å²) in [5.41, 5.74) is 0. The zero-order chi connectivity index (χ0) is 9.94. The van der Waals surface area contributed by atoms with E-state index in [-0.39, 0.29) is 5.91 Å². The van der Waals surface area contributed by atoms with E-state index < -0.39 is 16.3 Å². The zero-order valence-corrected chi connectivity index (χ0v) is 8.81. The maximum absolute atomic E-state index is 11.2. The highest BCUT2D eigenvalue weighted by molar-refractivity contribution is 9.10. The molecule has 0 heterocycles. The SMILES string of the molecule is C[C@@H](NC(=O)C(C)(C)Br)C(=O)O. The Labute approximate surface area is 79.5 Å². The number of carboxylic acid groups (broad SMARTS) is 1. The summed E-state index contributed by atoms with van der Waals surface area (Å²) in [7, 11) is 0. The largest absolute Gasteiger partial charge is 0.480 e. The Hall–Kier alpha value is -0.580. The van der Waals surface area contributed by atoms with Crippen molar-refractivity contribution in [2.24, 2.45) is 0 Å². The van der Waals surface area contributed by atoms with Crippen molar-refractivity contribution in [3.05, 3.63) is 0 Å². The van der Waals surface area contributed by atoms with Gasteiger partial charge in [0, 0.05) is 0 Å². The molecule has 0 aromatic heterocycles. The molecular formula is C7H12BrNO3. The van der Waals surface area contributed by atoms with E-state index in [1.165, 1.54) is 6.92 Å². The number of carboxylic acids is 1. The summed E-state index contributed by atoms with van der Waals surface area (Å²) in [6.07, 6.45) is 0. The average molecular weight is 238 g/mol. The van der Waals surface area contributed by atoms with Crippen LogP contribution in [-0.2, 0) is 9.59 Å². The van der Waals surface area contributed by atoms with Gasteiger partial charge in [0.05, 0.1) is 4.32 Å². The lowest BCUT2D eigenvalue weighted by Gasteiger charge is -2.17. The summed E-state index contributed by atoms with van der Waals surface area (Å²) in [6.45, 7) is 4.72. The number of rotatable bonds is 3. The molecule has 0 saturated carbocycles. The monoisotopic (exact) mass is 237 g/mol. The van der Waals surface area contributed by atoms with Crippen LogP contribution in [0.15, 0.2) is 0 Å². The van der Waals surface area contributed by atoms with Gasteiger partial charge < -0.3 is 10.4 Å². The van der Waals surface area contributed by atoms with Crippen LogP contribution in [0.4, 0.5) is 0 Å². The molecule has 4 nitrogen and oxygen atoms in total. The second-order valence-electron chi connectivity index (χ2n) is 3.01. The van der Waals surface area contributed by atoms with Gasteiger partial charge in [-0.1, -0.05) is 15.9 Å². The van der Waals surface area contributed by atoms with E-state index in [2.05, 4.69) is 21.2 Å². The Morgan fingerprint density at radius 2 is 1.92 bits per heavy atom. The number of hydrogen-bond acceptors (Lipinski definition) is 2. The van der Waals surface area contributed by atoms with Crippen molar-refractivity contribution in [3.8, 4) is 0 Å². The Morgan fingerprint density at radius 3 is 2.17 bits per heavy atom. The normalized spacial score (nSPS) is 13.7. The maximum atomic E-state index is 11.2. The van der Waals surface area contributed by atoms with Crippen molar-refractivity contribution in [3.63, 3.8) is 0 Å². The topological polar surface area (TPSA) is 66.4 Å². The minimum atomic E-state index is -1.04. The van der Waals surface area contributed by atoms with Crippen LogP contribution < -0.4 is 5.32 Å². The number of alkyl halides is 1. The number of carbonyl (C=O) groups is 2. The third-order valence-corrected chi connectivity index (χ3v) is 1.62. The van der Waals surface area contributed by atoms with E-state index in [0.29, 0.717) is 0 Å². The Kier molecular flexibility index (Phi) is 3.70. The molecule has 0 fully saturated rings. The Morgan fingerprint density at radius 1 is 1.50 bits per heavy atom. The molecule has 0 aromatic rings. The molecule has 0 bridgehead atoms. The summed E-state index contributed by atoms with van der Waals surface area (Å²) in [5.74, 6) is -1.38. The van der Waals surface area contributed by atoms with Gasteiger partial charge in [-0.15, -0.1) is 0 Å². The molecule has 0 aromatic carbocycles. The molecule has 2 N–H and O–H groups in total. The van der Waals surface area contributed by atoms with E-state index in [1.54, 1.807) is 13.8 Å². The van der Waals surface area contributed by atoms with Gasteiger partial charge in [-0.25, -0.2) is 0 Å². The lowest BCUT2D eigenvalue weighted by molar-refractivity contribution is -0.141. The Balaban J connectivity index is 4.11. The number of nitrogens with one attached hydrogen (secondary N) is 1. The van der Waals surface area contributed by atoms with E-state index in [0.717, 1.165) is 0 Å². The van der Waals surface area contributed by atoms with Crippen LogP contribution in [0.3, 0.4) is 0 Å². The smallest absolute Gasteiger partial charge is 0.325 e. The van der Waals surface area contributed by atoms with Crippen molar-refractivity contribution in [1.82, 2.24) is 5.32 Å². The molecule has 0 spiro atoms. The molecule has 5 heteroatoms. The third kappa shape index (κ3) is 3.71. The second-order valence-corrected chi connectivity index (χ2v) is 4.99. The summed E-state index contributed by atoms with van der Waals surface area (Å²) in [6, 6.07) is -0.852. The van der Waals surface area contributed by atoms with Gasteiger partial charge in [-0.3, -0.25) is 9.59 Å². The minimum absolute atomic E-state index is 0.336. The van der Waals surface area contributed by atoms with Crippen molar-refractivity contribution in [2.75, 3.05) is 0 Å². The molecule has 0 saturated heterocycles. The molecular weight excluding hydrogens is 226 g/mol. The highest BCUT2D eigenvalue weighted by Crippen LogP contribution is 2.15. The van der Waals surface area contributed by atoms with Gasteiger partial charge >= 0.3 is 5.97 Å². The van der Waals surface area contributed by atoms with E-state index in [4.69, 9.17) is 5.11 Å². The summed E-state index contributed by atoms with van der Waals surface area (Å²) < 4.78 is -0.725.